The molecule has 4 heteroatoms. The Labute approximate surface area is 61.5 Å². The van der Waals surface area contributed by atoms with Gasteiger partial charge in [0.15, 0.2) is 0 Å². The second-order valence-electron chi connectivity index (χ2n) is 1.98. The highest BCUT2D eigenvalue weighted by atomic mass is 32.1. The molecule has 0 bridgehead atoms. The number of hydrogen-bond acceptors (Lipinski definition) is 2. The Hall–Kier alpha value is -0.510. The zero-order valence-corrected chi connectivity index (χ0v) is 6.57. The molecule has 0 radical (unpaired) electrons. The second kappa shape index (κ2) is 3.50. The number of rotatable bonds is 1. The Kier molecular flexibility index (Phi) is 3.30. The number of nitrogens with zero attached hydrogens (tertiary/aromatic N) is 3. The van der Waals surface area contributed by atoms with Crippen LogP contribution < -0.4 is 0 Å². The van der Waals surface area contributed by atoms with Crippen LogP contribution in [0.15, 0.2) is 12.4 Å². The fourth-order valence-corrected chi connectivity index (χ4v) is 0.493. The second-order valence-corrected chi connectivity index (χ2v) is 1.98. The molecule has 0 saturated carbocycles. The van der Waals surface area contributed by atoms with E-state index in [0.717, 1.165) is 0 Å². The molecule has 0 spiro atoms. The van der Waals surface area contributed by atoms with Crippen molar-refractivity contribution in [3.05, 3.63) is 12.4 Å². The maximum Gasteiger partial charge on any atom is 0.0693 e. The third-order valence-corrected chi connectivity index (χ3v) is 0.970. The molecule has 1 rings (SSSR count). The first-order chi connectivity index (χ1) is 3.80. The van der Waals surface area contributed by atoms with Gasteiger partial charge in [0, 0.05) is 12.2 Å². The lowest BCUT2D eigenvalue weighted by molar-refractivity contribution is 0.514. The van der Waals surface area contributed by atoms with Gasteiger partial charge < -0.3 is 0 Å². The van der Waals surface area contributed by atoms with E-state index in [0.29, 0.717) is 6.04 Å². The summed E-state index contributed by atoms with van der Waals surface area (Å²) in [5.41, 5.74) is 0. The van der Waals surface area contributed by atoms with Gasteiger partial charge >= 0.3 is 0 Å². The highest BCUT2D eigenvalue weighted by molar-refractivity contribution is 7.59. The van der Waals surface area contributed by atoms with E-state index in [-0.39, 0.29) is 13.5 Å². The van der Waals surface area contributed by atoms with E-state index in [1.807, 2.05) is 6.20 Å². The van der Waals surface area contributed by atoms with E-state index in [2.05, 4.69) is 24.2 Å². The average Bonchev–Trinajstić information content (AvgIpc) is 2.12. The van der Waals surface area contributed by atoms with Gasteiger partial charge in [0.1, 0.15) is 0 Å². The fourth-order valence-electron chi connectivity index (χ4n) is 0.493. The predicted octanol–water partition coefficient (Wildman–Crippen LogP) is 0.972. The summed E-state index contributed by atoms with van der Waals surface area (Å²) in [6.45, 7) is 4.13. The Bertz CT molecular complexity index is 147. The fraction of sp³-hybridized carbons (Fsp3) is 0.600. The van der Waals surface area contributed by atoms with Crippen molar-refractivity contribution in [3.63, 3.8) is 0 Å². The van der Waals surface area contributed by atoms with Gasteiger partial charge in [-0.05, 0) is 13.8 Å². The van der Waals surface area contributed by atoms with Crippen molar-refractivity contribution in [2.24, 2.45) is 0 Å². The molecule has 0 aliphatic heterocycles. The molecule has 0 saturated heterocycles. The van der Waals surface area contributed by atoms with Crippen LogP contribution in [0.5, 0.6) is 0 Å². The molecule has 52 valence electrons. The van der Waals surface area contributed by atoms with Crippen molar-refractivity contribution >= 4 is 13.5 Å². The zero-order valence-electron chi connectivity index (χ0n) is 5.57. The summed E-state index contributed by atoms with van der Waals surface area (Å²) >= 11 is 0. The molecule has 0 aliphatic carbocycles. The first kappa shape index (κ1) is 8.49. The van der Waals surface area contributed by atoms with Crippen LogP contribution in [0.3, 0.4) is 0 Å². The molecule has 0 amide bonds. The molecule has 1 aromatic rings. The zero-order chi connectivity index (χ0) is 5.98. The van der Waals surface area contributed by atoms with E-state index >= 15 is 0 Å². The highest BCUT2D eigenvalue weighted by Gasteiger charge is 1.92. The molecular weight excluding hydrogens is 134 g/mol. The molecule has 9 heavy (non-hydrogen) atoms. The summed E-state index contributed by atoms with van der Waals surface area (Å²) < 4.78 is 1.81. The lowest BCUT2D eigenvalue weighted by Gasteiger charge is -2.00. The Morgan fingerprint density at radius 2 is 2.11 bits per heavy atom. The number of hydrogen-bond donors (Lipinski definition) is 0. The lowest BCUT2D eigenvalue weighted by Crippen LogP contribution is -2.00. The van der Waals surface area contributed by atoms with E-state index in [9.17, 15) is 0 Å². The largest absolute Gasteiger partial charge is 0.250 e. The normalized spacial score (nSPS) is 9.22. The summed E-state index contributed by atoms with van der Waals surface area (Å²) in [5.74, 6) is 0. The van der Waals surface area contributed by atoms with Crippen molar-refractivity contribution in [1.82, 2.24) is 15.0 Å². The maximum atomic E-state index is 3.78. The molecule has 1 heterocycles. The van der Waals surface area contributed by atoms with Crippen LogP contribution in [0.25, 0.3) is 0 Å². The summed E-state index contributed by atoms with van der Waals surface area (Å²) in [4.78, 5) is 0. The van der Waals surface area contributed by atoms with Crippen molar-refractivity contribution < 1.29 is 0 Å². The van der Waals surface area contributed by atoms with Gasteiger partial charge in [-0.25, -0.2) is 0 Å². The molecule has 1 aromatic heterocycles. The third kappa shape index (κ3) is 2.05. The standard InChI is InChI=1S/C5H9N3.H2S/c1-5(2)8-4-3-6-7-8;/h3-5H,1-2H3;1H2. The van der Waals surface area contributed by atoms with E-state index in [1.165, 1.54) is 0 Å². The van der Waals surface area contributed by atoms with E-state index < -0.39 is 0 Å². The third-order valence-electron chi connectivity index (χ3n) is 0.970. The summed E-state index contributed by atoms with van der Waals surface area (Å²) in [6.07, 6.45) is 3.53. The van der Waals surface area contributed by atoms with Crippen molar-refractivity contribution in [1.29, 1.82) is 0 Å². The minimum atomic E-state index is 0. The molecule has 3 nitrogen and oxygen atoms in total. The van der Waals surface area contributed by atoms with Gasteiger partial charge in [0.25, 0.3) is 0 Å². The minimum Gasteiger partial charge on any atom is -0.250 e. The van der Waals surface area contributed by atoms with Crippen LogP contribution in [-0.2, 0) is 0 Å². The first-order valence-corrected chi connectivity index (χ1v) is 2.66. The van der Waals surface area contributed by atoms with Crippen LogP contribution in [0.2, 0.25) is 0 Å². The van der Waals surface area contributed by atoms with Crippen LogP contribution in [-0.4, -0.2) is 15.0 Å². The summed E-state index contributed by atoms with van der Waals surface area (Å²) in [5, 5.41) is 7.44. The Balaban J connectivity index is 0.000000640. The van der Waals surface area contributed by atoms with Gasteiger partial charge in [0.05, 0.1) is 6.20 Å². The first-order valence-electron chi connectivity index (χ1n) is 2.66. The lowest BCUT2D eigenvalue weighted by atomic mass is 10.4. The average molecular weight is 145 g/mol. The van der Waals surface area contributed by atoms with Gasteiger partial charge in [-0.2, -0.15) is 13.5 Å². The SMILES string of the molecule is CC(C)n1ccnn1.S. The van der Waals surface area contributed by atoms with Crippen LogP contribution in [0.1, 0.15) is 19.9 Å². The maximum absolute atomic E-state index is 3.78. The molecule has 0 fully saturated rings. The predicted molar refractivity (Wildman–Crippen MR) is 40.8 cm³/mol. The van der Waals surface area contributed by atoms with E-state index in [4.69, 9.17) is 0 Å². The van der Waals surface area contributed by atoms with Crippen LogP contribution in [0, 0.1) is 0 Å². The Morgan fingerprint density at radius 3 is 2.33 bits per heavy atom. The smallest absolute Gasteiger partial charge is 0.0693 e. The quantitative estimate of drug-likeness (QED) is 0.589. The summed E-state index contributed by atoms with van der Waals surface area (Å²) in [6, 6.07) is 0.428. The molecule has 0 atom stereocenters. The molecule has 0 N–H and O–H groups in total. The van der Waals surface area contributed by atoms with Crippen molar-refractivity contribution in [2.45, 2.75) is 19.9 Å². The van der Waals surface area contributed by atoms with E-state index in [1.54, 1.807) is 10.9 Å². The molecule has 0 aliphatic rings. The molecule has 0 aromatic carbocycles. The monoisotopic (exact) mass is 145 g/mol. The molecule has 0 unspecified atom stereocenters. The van der Waals surface area contributed by atoms with Crippen LogP contribution in [0.4, 0.5) is 0 Å². The highest BCUT2D eigenvalue weighted by Crippen LogP contribution is 1.96. The topological polar surface area (TPSA) is 30.7 Å². The summed E-state index contributed by atoms with van der Waals surface area (Å²) in [7, 11) is 0. The van der Waals surface area contributed by atoms with Gasteiger partial charge in [-0.15, -0.1) is 5.10 Å². The number of aromatic nitrogens is 3. The van der Waals surface area contributed by atoms with Gasteiger partial charge in [0.2, 0.25) is 0 Å². The van der Waals surface area contributed by atoms with Crippen molar-refractivity contribution in [2.75, 3.05) is 0 Å². The van der Waals surface area contributed by atoms with Gasteiger partial charge in [-0.1, -0.05) is 5.21 Å². The van der Waals surface area contributed by atoms with Crippen molar-refractivity contribution in [3.8, 4) is 0 Å². The van der Waals surface area contributed by atoms with Gasteiger partial charge in [-0.3, -0.25) is 4.68 Å². The Morgan fingerprint density at radius 1 is 1.44 bits per heavy atom. The molecular formula is C5H11N3S. The minimum absolute atomic E-state index is 0. The van der Waals surface area contributed by atoms with Crippen LogP contribution >= 0.6 is 13.5 Å².